The van der Waals surface area contributed by atoms with Gasteiger partial charge < -0.3 is 20.6 Å². The maximum absolute atomic E-state index is 15.6. The number of fused-ring (bicyclic) bond motifs is 5. The van der Waals surface area contributed by atoms with Gasteiger partial charge in [-0.1, -0.05) is 44.5 Å². The van der Waals surface area contributed by atoms with Gasteiger partial charge in [-0.15, -0.1) is 0 Å². The number of aromatic amines is 1. The van der Waals surface area contributed by atoms with Crippen molar-refractivity contribution in [3.63, 3.8) is 0 Å². The number of rotatable bonds is 4. The zero-order valence-corrected chi connectivity index (χ0v) is 28.5. The Labute approximate surface area is 286 Å². The number of hydrogen-bond donors (Lipinski definition) is 3. The summed E-state index contributed by atoms with van der Waals surface area (Å²) in [5, 5.41) is 20.8. The van der Waals surface area contributed by atoms with Gasteiger partial charge in [0.2, 0.25) is 0 Å². The van der Waals surface area contributed by atoms with E-state index in [1.54, 1.807) is 30.5 Å². The highest BCUT2D eigenvalue weighted by atomic mass is 32.2. The van der Waals surface area contributed by atoms with Gasteiger partial charge in [0.15, 0.2) is 17.4 Å². The predicted octanol–water partition coefficient (Wildman–Crippen LogP) is 6.95. The third-order valence-electron chi connectivity index (χ3n) is 8.92. The van der Waals surface area contributed by atoms with E-state index in [-0.39, 0.29) is 60.2 Å². The second-order valence-corrected chi connectivity index (χ2v) is 14.6. The van der Waals surface area contributed by atoms with E-state index in [1.165, 1.54) is 25.2 Å². The largest absolute Gasteiger partial charge is 0.481 e. The van der Waals surface area contributed by atoms with Gasteiger partial charge in [0, 0.05) is 64.5 Å². The lowest BCUT2D eigenvalue weighted by molar-refractivity contribution is -0.136. The first kappa shape index (κ1) is 35.4. The van der Waals surface area contributed by atoms with Gasteiger partial charge in [-0.2, -0.15) is 5.26 Å². The van der Waals surface area contributed by atoms with Crippen LogP contribution < -0.4 is 10.5 Å². The van der Waals surface area contributed by atoms with E-state index in [2.05, 4.69) is 21.0 Å². The number of carbonyl (C=O) groups is 1. The van der Waals surface area contributed by atoms with Gasteiger partial charge in [0.25, 0.3) is 0 Å². The van der Waals surface area contributed by atoms with E-state index < -0.39 is 39.2 Å². The minimum Gasteiger partial charge on any atom is -0.481 e. The predicted molar refractivity (Wildman–Crippen MR) is 188 cm³/mol. The van der Waals surface area contributed by atoms with Crippen molar-refractivity contribution in [3.05, 3.63) is 94.7 Å². The minimum absolute atomic E-state index is 0.0497. The average Bonchev–Trinajstić information content (AvgIpc) is 3.53. The Balaban J connectivity index is 1.66. The van der Waals surface area contributed by atoms with E-state index in [9.17, 15) is 19.4 Å². The van der Waals surface area contributed by atoms with Crippen molar-refractivity contribution in [2.45, 2.75) is 57.8 Å². The smallest absolute Gasteiger partial charge is 0.303 e. The molecular formula is C37H39F2N5O4S. The molecule has 0 radical (unpaired) electrons. The van der Waals surface area contributed by atoms with Crippen molar-refractivity contribution in [2.24, 2.45) is 21.1 Å². The molecule has 0 saturated heterocycles. The molecule has 2 atom stereocenters. The van der Waals surface area contributed by atoms with Crippen molar-refractivity contribution < 1.29 is 27.6 Å². The van der Waals surface area contributed by atoms with Gasteiger partial charge in [0.1, 0.15) is 22.8 Å². The van der Waals surface area contributed by atoms with Crippen LogP contribution in [-0.2, 0) is 33.9 Å². The number of halogens is 2. The fraction of sp³-hybridized carbons (Fsp3) is 0.351. The molecule has 2 bridgehead atoms. The second kappa shape index (κ2) is 14.7. The Hall–Kier alpha value is -4.89. The number of hydrogen-bond acceptors (Lipinski definition) is 6. The van der Waals surface area contributed by atoms with Crippen LogP contribution in [0.3, 0.4) is 0 Å². The van der Waals surface area contributed by atoms with Crippen molar-refractivity contribution >= 4 is 39.3 Å². The SMILES string of the molecule is CN=C1N=C(N)C(C#N)(c2cccc(CCC(=O)O)c2)CCCC(C)(C)CS(=O)CCc2c(c(F)cc3[nH]ccc23)Oc2ccc(F)c1c2. The van der Waals surface area contributed by atoms with Crippen LogP contribution in [0, 0.1) is 28.4 Å². The molecule has 12 heteroatoms. The Morgan fingerprint density at radius 1 is 1.16 bits per heavy atom. The van der Waals surface area contributed by atoms with Crippen LogP contribution in [0.1, 0.15) is 61.8 Å². The van der Waals surface area contributed by atoms with E-state index >= 15 is 8.78 Å². The Morgan fingerprint density at radius 2 is 1.96 bits per heavy atom. The van der Waals surface area contributed by atoms with Crippen LogP contribution in [-0.4, -0.2) is 50.5 Å². The molecule has 49 heavy (non-hydrogen) atoms. The number of carboxylic acid groups (broad SMARTS) is 1. The molecule has 0 saturated carbocycles. The summed E-state index contributed by atoms with van der Waals surface area (Å²) >= 11 is 0. The van der Waals surface area contributed by atoms with Crippen molar-refractivity contribution in [2.75, 3.05) is 18.6 Å². The molecule has 3 aromatic carbocycles. The molecule has 1 aliphatic heterocycles. The maximum atomic E-state index is 15.6. The molecule has 4 N–H and O–H groups in total. The fourth-order valence-corrected chi connectivity index (χ4v) is 7.94. The minimum atomic E-state index is -1.48. The average molecular weight is 688 g/mol. The third kappa shape index (κ3) is 7.89. The van der Waals surface area contributed by atoms with E-state index in [4.69, 9.17) is 10.5 Å². The number of aryl methyl sites for hydroxylation is 2. The molecule has 1 aromatic heterocycles. The van der Waals surface area contributed by atoms with Crippen LogP contribution >= 0.6 is 0 Å². The fourth-order valence-electron chi connectivity index (χ4n) is 6.35. The maximum Gasteiger partial charge on any atom is 0.303 e. The summed E-state index contributed by atoms with van der Waals surface area (Å²) in [6, 6.07) is 16.4. The highest BCUT2D eigenvalue weighted by molar-refractivity contribution is 7.85. The molecule has 4 aromatic rings. The lowest BCUT2D eigenvalue weighted by Gasteiger charge is -2.30. The van der Waals surface area contributed by atoms with Crippen LogP contribution in [0.15, 0.2) is 70.8 Å². The Bertz CT molecular complexity index is 2020. The summed E-state index contributed by atoms with van der Waals surface area (Å²) < 4.78 is 50.7. The number of nitriles is 1. The van der Waals surface area contributed by atoms with Crippen molar-refractivity contribution in [1.29, 1.82) is 5.26 Å². The second-order valence-electron chi connectivity index (χ2n) is 13.1. The number of nitrogens with zero attached hydrogens (tertiary/aromatic N) is 3. The molecule has 5 rings (SSSR count). The van der Waals surface area contributed by atoms with Gasteiger partial charge in [-0.25, -0.2) is 13.8 Å². The molecule has 2 heterocycles. The van der Waals surface area contributed by atoms with Gasteiger partial charge in [0.05, 0.1) is 11.6 Å². The molecule has 0 fully saturated rings. The number of aliphatic imine (C=N–C) groups is 2. The summed E-state index contributed by atoms with van der Waals surface area (Å²) in [6.45, 7) is 4.03. The number of aromatic nitrogens is 1. The van der Waals surface area contributed by atoms with E-state index in [1.807, 2.05) is 19.9 Å². The molecule has 0 spiro atoms. The number of benzene rings is 3. The number of carboxylic acids is 1. The molecule has 0 amide bonds. The monoisotopic (exact) mass is 687 g/mol. The summed E-state index contributed by atoms with van der Waals surface area (Å²) in [4.78, 5) is 23.1. The van der Waals surface area contributed by atoms with Gasteiger partial charge >= 0.3 is 5.97 Å². The van der Waals surface area contributed by atoms with Crippen LogP contribution in [0.4, 0.5) is 8.78 Å². The van der Waals surface area contributed by atoms with E-state index in [0.29, 0.717) is 40.8 Å². The number of H-pyrrole nitrogens is 1. The van der Waals surface area contributed by atoms with Gasteiger partial charge in [-0.05, 0) is 66.5 Å². The standard InChI is InChI=1S/C37H39F2N5O4S/c1-36(2)14-5-15-37(21-40,24-7-4-6-23(18-24)8-11-32(45)46)35(41)44-34(42-3)28-19-25(9-10-29(28)38)48-33-27(13-17-49(47)22-36)26-12-16-43-31(26)20-30(33)39/h4,6-7,9-10,12,16,18-20,43H,5,8,11,13-15,17,22H2,1-3H3,(H,45,46)(H2,41,42,44). The van der Waals surface area contributed by atoms with Crippen LogP contribution in [0.2, 0.25) is 0 Å². The molecular weight excluding hydrogens is 649 g/mol. The lowest BCUT2D eigenvalue weighted by Crippen LogP contribution is -2.41. The highest BCUT2D eigenvalue weighted by Gasteiger charge is 2.38. The summed E-state index contributed by atoms with van der Waals surface area (Å²) in [5.74, 6) is -1.78. The first-order valence-electron chi connectivity index (χ1n) is 16.0. The highest BCUT2D eigenvalue weighted by Crippen LogP contribution is 2.37. The summed E-state index contributed by atoms with van der Waals surface area (Å²) in [7, 11) is 0.143. The normalized spacial score (nSPS) is 21.1. The number of amidine groups is 2. The topological polar surface area (TPSA) is 154 Å². The van der Waals surface area contributed by atoms with E-state index in [0.717, 1.165) is 11.5 Å². The van der Waals surface area contributed by atoms with Crippen molar-refractivity contribution in [1.82, 2.24) is 4.98 Å². The molecule has 0 aliphatic carbocycles. The van der Waals surface area contributed by atoms with Gasteiger partial charge in [-0.3, -0.25) is 14.0 Å². The zero-order valence-electron chi connectivity index (χ0n) is 27.7. The summed E-state index contributed by atoms with van der Waals surface area (Å²) in [6.07, 6.45) is 3.46. The number of aliphatic carboxylic acids is 1. The molecule has 9 nitrogen and oxygen atoms in total. The first-order valence-corrected chi connectivity index (χ1v) is 17.5. The Morgan fingerprint density at radius 3 is 2.69 bits per heavy atom. The first-order chi connectivity index (χ1) is 23.4. The summed E-state index contributed by atoms with van der Waals surface area (Å²) in [5.41, 5.74) is 7.12. The quantitative estimate of drug-likeness (QED) is 0.211. The van der Waals surface area contributed by atoms with Crippen molar-refractivity contribution in [3.8, 4) is 17.6 Å². The lowest BCUT2D eigenvalue weighted by atomic mass is 9.74. The molecule has 256 valence electrons. The molecule has 1 aliphatic rings. The van der Waals surface area contributed by atoms with Crippen LogP contribution in [0.5, 0.6) is 11.5 Å². The number of nitrogens with two attached hydrogens (primary N) is 1. The van der Waals surface area contributed by atoms with Crippen LogP contribution in [0.25, 0.3) is 10.9 Å². The Kier molecular flexibility index (Phi) is 10.6. The molecule has 2 unspecified atom stereocenters. The number of ether oxygens (including phenoxy) is 1. The number of nitrogens with one attached hydrogen (secondary N) is 1. The third-order valence-corrected chi connectivity index (χ3v) is 10.7. The zero-order chi connectivity index (χ0) is 35.3.